The Kier molecular flexibility index (Phi) is 8.92. The normalized spacial score (nSPS) is 11.9. The van der Waals surface area contributed by atoms with Crippen LogP contribution in [0.15, 0.2) is 255 Å². The number of benzene rings is 12. The minimum absolute atomic E-state index is 0.841. The summed E-state index contributed by atoms with van der Waals surface area (Å²) >= 11 is 0. The Morgan fingerprint density at radius 3 is 1.53 bits per heavy atom. The number of rotatable bonds is 6. The van der Waals surface area contributed by atoms with E-state index in [2.05, 4.69) is 252 Å². The molecule has 0 aliphatic rings. The minimum atomic E-state index is 0.841. The van der Waals surface area contributed by atoms with Crippen LogP contribution >= 0.6 is 0 Å². The molecule has 0 atom stereocenters. The van der Waals surface area contributed by atoms with Crippen molar-refractivity contribution in [2.45, 2.75) is 0 Å². The summed E-state index contributed by atoms with van der Waals surface area (Å²) in [6.07, 6.45) is 0. The van der Waals surface area contributed by atoms with Crippen molar-refractivity contribution < 1.29 is 0 Å². The highest BCUT2D eigenvalue weighted by atomic mass is 15.0. The van der Waals surface area contributed by atoms with E-state index in [1.807, 2.05) is 12.1 Å². The molecule has 0 aliphatic carbocycles. The summed E-state index contributed by atoms with van der Waals surface area (Å²) < 4.78 is 4.99. The average Bonchev–Trinajstić information content (AvgIpc) is 3.97. The molecule has 4 nitrogen and oxygen atoms in total. The largest absolute Gasteiger partial charge is 0.309 e. The maximum absolute atomic E-state index is 5.54. The van der Waals surface area contributed by atoms with Crippen LogP contribution in [-0.4, -0.2) is 19.1 Å². The van der Waals surface area contributed by atoms with Crippen LogP contribution in [0, 0.1) is 0 Å². The van der Waals surface area contributed by atoms with Gasteiger partial charge in [-0.3, -0.25) is 0 Å². The number of para-hydroxylation sites is 3. The van der Waals surface area contributed by atoms with Gasteiger partial charge in [-0.15, -0.1) is 0 Å². The van der Waals surface area contributed by atoms with Gasteiger partial charge < -0.3 is 9.13 Å². The topological polar surface area (TPSA) is 35.6 Å². The Morgan fingerprint density at radius 2 is 0.792 bits per heavy atom. The molecule has 72 heavy (non-hydrogen) atoms. The first-order valence-corrected chi connectivity index (χ1v) is 24.6. The number of aromatic nitrogens is 4. The summed E-state index contributed by atoms with van der Waals surface area (Å²) in [5.41, 5.74) is 16.9. The van der Waals surface area contributed by atoms with Gasteiger partial charge in [-0.25, -0.2) is 9.97 Å². The van der Waals surface area contributed by atoms with Gasteiger partial charge in [0.25, 0.3) is 0 Å². The van der Waals surface area contributed by atoms with E-state index in [0.29, 0.717) is 0 Å². The fourth-order valence-electron chi connectivity index (χ4n) is 11.6. The number of hydrogen-bond acceptors (Lipinski definition) is 2. The second-order valence-electron chi connectivity index (χ2n) is 18.9. The van der Waals surface area contributed by atoms with Crippen molar-refractivity contribution in [2.75, 3.05) is 0 Å². The highest BCUT2D eigenvalue weighted by molar-refractivity contribution is 6.24. The average molecular weight is 915 g/mol. The molecular weight excluding hydrogens is 873 g/mol. The molecule has 3 aromatic heterocycles. The molecule has 0 spiro atoms. The third kappa shape index (κ3) is 6.19. The number of fused-ring (bicyclic) bond motifs is 11. The molecule has 0 amide bonds. The Bertz CT molecular complexity index is 4620. The molecule has 4 heteroatoms. The van der Waals surface area contributed by atoms with Crippen molar-refractivity contribution in [3.05, 3.63) is 255 Å². The summed E-state index contributed by atoms with van der Waals surface area (Å²) in [4.78, 5) is 11.0. The van der Waals surface area contributed by atoms with Gasteiger partial charge in [0.1, 0.15) is 0 Å². The molecule has 0 radical (unpaired) electrons. The van der Waals surface area contributed by atoms with Crippen molar-refractivity contribution in [2.24, 2.45) is 0 Å². The fraction of sp³-hybridized carbons (Fsp3) is 0. The van der Waals surface area contributed by atoms with Gasteiger partial charge >= 0.3 is 0 Å². The third-order valence-electron chi connectivity index (χ3n) is 14.8. The lowest BCUT2D eigenvalue weighted by Crippen LogP contribution is -2.00. The van der Waals surface area contributed by atoms with E-state index >= 15 is 0 Å². The predicted octanol–water partition coefficient (Wildman–Crippen LogP) is 18.0. The highest BCUT2D eigenvalue weighted by Crippen LogP contribution is 2.45. The summed E-state index contributed by atoms with van der Waals surface area (Å²) in [6, 6.07) is 92.3. The molecule has 15 aromatic rings. The van der Waals surface area contributed by atoms with Gasteiger partial charge in [0.15, 0.2) is 0 Å². The molecule has 15 rings (SSSR count). The highest BCUT2D eigenvalue weighted by Gasteiger charge is 2.24. The first-order chi connectivity index (χ1) is 35.7. The monoisotopic (exact) mass is 914 g/mol. The SMILES string of the molecule is c1ccc(-c2cc(-c3ccccc3)cc(-c3nc4ccccc4nc3-c3ccc(-n4c5cc6ccccc6cc5c5c(-n6c7ccccc7c7c8ccccc8ccc76)cccc54)c4ccccc34)c2)cc1. The lowest BCUT2D eigenvalue weighted by atomic mass is 9.92. The van der Waals surface area contributed by atoms with Gasteiger partial charge in [0.05, 0.1) is 55.9 Å². The van der Waals surface area contributed by atoms with Crippen molar-refractivity contribution in [1.82, 2.24) is 19.1 Å². The second-order valence-corrected chi connectivity index (χ2v) is 18.9. The maximum Gasteiger partial charge on any atom is 0.0979 e. The van der Waals surface area contributed by atoms with Gasteiger partial charge in [-0.05, 0) is 128 Å². The zero-order valence-corrected chi connectivity index (χ0v) is 39.0. The minimum Gasteiger partial charge on any atom is -0.309 e. The molecule has 12 aromatic carbocycles. The van der Waals surface area contributed by atoms with Gasteiger partial charge in [-0.2, -0.15) is 0 Å². The van der Waals surface area contributed by atoms with Crippen molar-refractivity contribution >= 4 is 87.0 Å². The van der Waals surface area contributed by atoms with Gasteiger partial charge in [0, 0.05) is 38.1 Å². The van der Waals surface area contributed by atoms with Crippen LogP contribution in [0.4, 0.5) is 0 Å². The lowest BCUT2D eigenvalue weighted by molar-refractivity contribution is 1.18. The van der Waals surface area contributed by atoms with Crippen LogP contribution < -0.4 is 0 Å². The zero-order valence-electron chi connectivity index (χ0n) is 39.0. The Hall–Kier alpha value is -9.64. The first kappa shape index (κ1) is 40.3. The van der Waals surface area contributed by atoms with E-state index in [1.165, 1.54) is 54.1 Å². The number of hydrogen-bond donors (Lipinski definition) is 0. The van der Waals surface area contributed by atoms with Crippen molar-refractivity contribution in [3.8, 4) is 56.1 Å². The number of nitrogens with zero attached hydrogens (tertiary/aromatic N) is 4. The van der Waals surface area contributed by atoms with Crippen LogP contribution in [-0.2, 0) is 0 Å². The second kappa shape index (κ2) is 16.0. The van der Waals surface area contributed by atoms with E-state index < -0.39 is 0 Å². The van der Waals surface area contributed by atoms with E-state index in [1.54, 1.807) is 0 Å². The quantitative estimate of drug-likeness (QED) is 0.167. The van der Waals surface area contributed by atoms with Crippen LogP contribution in [0.1, 0.15) is 0 Å². The molecule has 0 saturated heterocycles. The third-order valence-corrected chi connectivity index (χ3v) is 14.8. The fourth-order valence-corrected chi connectivity index (χ4v) is 11.6. The molecule has 0 N–H and O–H groups in total. The van der Waals surface area contributed by atoms with E-state index in [-0.39, 0.29) is 0 Å². The smallest absolute Gasteiger partial charge is 0.0979 e. The van der Waals surface area contributed by atoms with Crippen LogP contribution in [0.2, 0.25) is 0 Å². The molecule has 0 saturated carbocycles. The summed E-state index contributed by atoms with van der Waals surface area (Å²) in [6.45, 7) is 0. The maximum atomic E-state index is 5.54. The van der Waals surface area contributed by atoms with E-state index in [9.17, 15) is 0 Å². The molecule has 0 unspecified atom stereocenters. The molecular formula is C68H42N4. The standard InChI is InChI=1S/C68H42N4/c1-3-18-43(19-4-1)48-38-49(44-20-5-2-6-21-44)40-50(39-48)67-68(70-58-30-15-14-29-57(58)69-67)54-35-37-60(53-27-12-11-26-52(53)54)72-62-33-17-32-61(66(62)56-41-46-23-7-8-24-47(46)42-64(56)72)71-59-31-16-13-28-55(59)65-51-25-10-9-22-45(51)34-36-63(65)71/h1-42H. The molecule has 0 aliphatic heterocycles. The van der Waals surface area contributed by atoms with E-state index in [4.69, 9.17) is 9.97 Å². The summed E-state index contributed by atoms with van der Waals surface area (Å²) in [5.74, 6) is 0. The van der Waals surface area contributed by atoms with Crippen LogP contribution in [0.3, 0.4) is 0 Å². The van der Waals surface area contributed by atoms with Crippen LogP contribution in [0.5, 0.6) is 0 Å². The Morgan fingerprint density at radius 1 is 0.250 bits per heavy atom. The van der Waals surface area contributed by atoms with Gasteiger partial charge in [0.2, 0.25) is 0 Å². The zero-order chi connectivity index (χ0) is 47.3. The van der Waals surface area contributed by atoms with Gasteiger partial charge in [-0.1, -0.05) is 176 Å². The first-order valence-electron chi connectivity index (χ1n) is 24.6. The van der Waals surface area contributed by atoms with Crippen LogP contribution in [0.25, 0.3) is 143 Å². The molecule has 0 fully saturated rings. The lowest BCUT2D eigenvalue weighted by Gasteiger charge is -2.18. The molecule has 334 valence electrons. The molecule has 3 heterocycles. The van der Waals surface area contributed by atoms with E-state index in [0.717, 1.165) is 89.0 Å². The predicted molar refractivity (Wildman–Crippen MR) is 302 cm³/mol. The van der Waals surface area contributed by atoms with Crippen molar-refractivity contribution in [1.29, 1.82) is 0 Å². The summed E-state index contributed by atoms with van der Waals surface area (Å²) in [7, 11) is 0. The Labute approximate surface area is 415 Å². The van der Waals surface area contributed by atoms with Crippen molar-refractivity contribution in [3.63, 3.8) is 0 Å². The molecule has 0 bridgehead atoms. The Balaban J connectivity index is 1.00. The summed E-state index contributed by atoms with van der Waals surface area (Å²) in [5, 5.41) is 12.1.